The quantitative estimate of drug-likeness (QED) is 0.941. The summed E-state index contributed by atoms with van der Waals surface area (Å²) in [5.41, 5.74) is 3.11. The molecule has 1 saturated heterocycles. The van der Waals surface area contributed by atoms with Crippen LogP contribution >= 0.6 is 0 Å². The van der Waals surface area contributed by atoms with Gasteiger partial charge in [-0.15, -0.1) is 0 Å². The molecule has 3 rings (SSSR count). The fourth-order valence-electron chi connectivity index (χ4n) is 2.96. The van der Waals surface area contributed by atoms with Gasteiger partial charge in [-0.1, -0.05) is 35.0 Å². The molecule has 122 valence electrons. The van der Waals surface area contributed by atoms with Crippen LogP contribution in [-0.4, -0.2) is 24.2 Å². The number of rotatable bonds is 4. The topological polar surface area (TPSA) is 64.4 Å². The molecule has 0 unspecified atom stereocenters. The Hall–Kier alpha value is -2.14. The third-order valence-electron chi connectivity index (χ3n) is 4.23. The van der Waals surface area contributed by atoms with E-state index in [0.29, 0.717) is 12.2 Å². The van der Waals surface area contributed by atoms with E-state index < -0.39 is 0 Å². The molecule has 1 amide bonds. The second-order valence-corrected chi connectivity index (χ2v) is 6.15. The molecule has 0 aliphatic carbocycles. The smallest absolute Gasteiger partial charge is 0.289 e. The van der Waals surface area contributed by atoms with Crippen molar-refractivity contribution >= 4 is 5.91 Å². The van der Waals surface area contributed by atoms with E-state index in [1.54, 1.807) is 13.0 Å². The Labute approximate surface area is 136 Å². The highest BCUT2D eigenvalue weighted by Gasteiger charge is 2.28. The van der Waals surface area contributed by atoms with Crippen LogP contribution in [0.3, 0.4) is 0 Å². The van der Waals surface area contributed by atoms with E-state index in [9.17, 15) is 4.79 Å². The molecule has 0 bridgehead atoms. The Morgan fingerprint density at radius 1 is 1.30 bits per heavy atom. The van der Waals surface area contributed by atoms with E-state index in [-0.39, 0.29) is 23.7 Å². The Morgan fingerprint density at radius 2 is 2.09 bits per heavy atom. The highest BCUT2D eigenvalue weighted by Crippen LogP contribution is 2.33. The van der Waals surface area contributed by atoms with Crippen LogP contribution in [0.5, 0.6) is 0 Å². The zero-order valence-corrected chi connectivity index (χ0v) is 13.5. The Kier molecular flexibility index (Phi) is 4.76. The highest BCUT2D eigenvalue weighted by atomic mass is 16.5. The normalized spacial score (nSPS) is 21.1. The lowest BCUT2D eigenvalue weighted by atomic mass is 9.89. The van der Waals surface area contributed by atoms with Crippen molar-refractivity contribution in [2.75, 3.05) is 13.2 Å². The predicted molar refractivity (Wildman–Crippen MR) is 86.2 cm³/mol. The zero-order chi connectivity index (χ0) is 16.2. The van der Waals surface area contributed by atoms with Gasteiger partial charge >= 0.3 is 0 Å². The Bertz CT molecular complexity index is 663. The first-order valence-corrected chi connectivity index (χ1v) is 8.03. The van der Waals surface area contributed by atoms with Gasteiger partial charge in [-0.2, -0.15) is 0 Å². The number of carbonyl (C=O) groups is 1. The van der Waals surface area contributed by atoms with Crippen LogP contribution in [0, 0.1) is 19.8 Å². The molecule has 2 atom stereocenters. The number of ether oxygens (including phenoxy) is 1. The zero-order valence-electron chi connectivity index (χ0n) is 13.5. The van der Waals surface area contributed by atoms with Crippen LogP contribution in [0.15, 0.2) is 34.9 Å². The summed E-state index contributed by atoms with van der Waals surface area (Å²) in [6.45, 7) is 5.20. The SMILES string of the molecule is Cc1ccc([C@H]2OCCC[C@@H]2CNC(=O)c2cc(C)no2)cc1. The van der Waals surface area contributed by atoms with Crippen LogP contribution in [0.25, 0.3) is 0 Å². The molecule has 1 N–H and O–H groups in total. The molecule has 2 aromatic rings. The maximum Gasteiger partial charge on any atom is 0.289 e. The first kappa shape index (κ1) is 15.7. The number of nitrogens with one attached hydrogen (secondary N) is 1. The summed E-state index contributed by atoms with van der Waals surface area (Å²) in [6, 6.07) is 10.1. The van der Waals surface area contributed by atoms with E-state index in [0.717, 1.165) is 19.4 Å². The van der Waals surface area contributed by atoms with Gasteiger partial charge in [-0.05, 0) is 32.3 Å². The van der Waals surface area contributed by atoms with Crippen molar-refractivity contribution in [1.29, 1.82) is 0 Å². The van der Waals surface area contributed by atoms with Crippen molar-refractivity contribution in [1.82, 2.24) is 10.5 Å². The maximum absolute atomic E-state index is 12.1. The van der Waals surface area contributed by atoms with E-state index >= 15 is 0 Å². The minimum atomic E-state index is -0.223. The first-order chi connectivity index (χ1) is 11.1. The number of aromatic nitrogens is 1. The molecule has 5 heteroatoms. The lowest BCUT2D eigenvalue weighted by molar-refractivity contribution is -0.0273. The van der Waals surface area contributed by atoms with Crippen molar-refractivity contribution < 1.29 is 14.1 Å². The standard InChI is InChI=1S/C18H22N2O3/c1-12-5-7-14(8-6-12)17-15(4-3-9-22-17)11-19-18(21)16-10-13(2)20-23-16/h5-8,10,15,17H,3-4,9,11H2,1-2H3,(H,19,21)/t15-,17-/m1/s1. The van der Waals surface area contributed by atoms with E-state index in [2.05, 4.69) is 41.7 Å². The molecule has 0 spiro atoms. The molecular weight excluding hydrogens is 292 g/mol. The number of benzene rings is 1. The summed E-state index contributed by atoms with van der Waals surface area (Å²) in [5, 5.41) is 6.68. The van der Waals surface area contributed by atoms with Crippen molar-refractivity contribution in [3.8, 4) is 0 Å². The van der Waals surface area contributed by atoms with Gasteiger partial charge in [0.2, 0.25) is 5.76 Å². The van der Waals surface area contributed by atoms with Crippen LogP contribution in [0.1, 0.15) is 46.3 Å². The molecule has 1 aromatic carbocycles. The van der Waals surface area contributed by atoms with Gasteiger partial charge in [0.15, 0.2) is 0 Å². The predicted octanol–water partition coefficient (Wildman–Crippen LogP) is 3.19. The Morgan fingerprint density at radius 3 is 2.78 bits per heavy atom. The summed E-state index contributed by atoms with van der Waals surface area (Å²) in [6.07, 6.45) is 2.08. The fraction of sp³-hybridized carbons (Fsp3) is 0.444. The number of carbonyl (C=O) groups excluding carboxylic acids is 1. The molecular formula is C18H22N2O3. The number of hydrogen-bond acceptors (Lipinski definition) is 4. The summed E-state index contributed by atoms with van der Waals surface area (Å²) in [7, 11) is 0. The van der Waals surface area contributed by atoms with Crippen LogP contribution in [0.2, 0.25) is 0 Å². The maximum atomic E-state index is 12.1. The fourth-order valence-corrected chi connectivity index (χ4v) is 2.96. The summed E-state index contributed by atoms with van der Waals surface area (Å²) in [5.74, 6) is 0.296. The molecule has 23 heavy (non-hydrogen) atoms. The Balaban J connectivity index is 1.64. The molecule has 1 aliphatic heterocycles. The number of hydrogen-bond donors (Lipinski definition) is 1. The molecule has 0 radical (unpaired) electrons. The lowest BCUT2D eigenvalue weighted by Gasteiger charge is -2.32. The highest BCUT2D eigenvalue weighted by molar-refractivity contribution is 5.91. The van der Waals surface area contributed by atoms with Crippen LogP contribution in [0.4, 0.5) is 0 Å². The van der Waals surface area contributed by atoms with E-state index in [1.807, 2.05) is 0 Å². The summed E-state index contributed by atoms with van der Waals surface area (Å²) < 4.78 is 11.0. The molecule has 1 aliphatic rings. The van der Waals surface area contributed by atoms with Crippen molar-refractivity contribution in [3.63, 3.8) is 0 Å². The number of nitrogens with zero attached hydrogens (tertiary/aromatic N) is 1. The minimum Gasteiger partial charge on any atom is -0.373 e. The van der Waals surface area contributed by atoms with Gasteiger partial charge < -0.3 is 14.6 Å². The first-order valence-electron chi connectivity index (χ1n) is 8.03. The summed E-state index contributed by atoms with van der Waals surface area (Å²) >= 11 is 0. The average Bonchev–Trinajstić information content (AvgIpc) is 3.00. The van der Waals surface area contributed by atoms with Gasteiger partial charge in [-0.3, -0.25) is 4.79 Å². The van der Waals surface area contributed by atoms with E-state index in [4.69, 9.17) is 9.26 Å². The summed E-state index contributed by atoms with van der Waals surface area (Å²) in [4.78, 5) is 12.1. The monoisotopic (exact) mass is 314 g/mol. The van der Waals surface area contributed by atoms with Crippen LogP contribution in [-0.2, 0) is 4.74 Å². The van der Waals surface area contributed by atoms with Gasteiger partial charge in [0.25, 0.3) is 5.91 Å². The van der Waals surface area contributed by atoms with Crippen molar-refractivity contribution in [2.45, 2.75) is 32.8 Å². The number of amides is 1. The van der Waals surface area contributed by atoms with Gasteiger partial charge in [0.1, 0.15) is 0 Å². The lowest BCUT2D eigenvalue weighted by Crippen LogP contribution is -2.35. The van der Waals surface area contributed by atoms with Crippen molar-refractivity contribution in [3.05, 3.63) is 52.9 Å². The second-order valence-electron chi connectivity index (χ2n) is 6.15. The molecule has 2 heterocycles. The molecule has 5 nitrogen and oxygen atoms in total. The van der Waals surface area contributed by atoms with Crippen molar-refractivity contribution in [2.24, 2.45) is 5.92 Å². The third kappa shape index (κ3) is 3.79. The van der Waals surface area contributed by atoms with Crippen LogP contribution < -0.4 is 5.32 Å². The minimum absolute atomic E-state index is 0.0288. The average molecular weight is 314 g/mol. The number of aryl methyl sites for hydroxylation is 2. The second kappa shape index (κ2) is 6.96. The van der Waals surface area contributed by atoms with Gasteiger partial charge in [0.05, 0.1) is 11.8 Å². The molecule has 0 saturated carbocycles. The third-order valence-corrected chi connectivity index (χ3v) is 4.23. The molecule has 1 fully saturated rings. The van der Waals surface area contributed by atoms with E-state index in [1.165, 1.54) is 11.1 Å². The van der Waals surface area contributed by atoms with Gasteiger partial charge in [-0.25, -0.2) is 0 Å². The van der Waals surface area contributed by atoms with Gasteiger partial charge in [0, 0.05) is 25.1 Å². The molecule has 1 aromatic heterocycles. The largest absolute Gasteiger partial charge is 0.373 e.